The van der Waals surface area contributed by atoms with Gasteiger partial charge in [0.25, 0.3) is 0 Å². The second-order valence-corrected chi connectivity index (χ2v) is 3.60. The lowest BCUT2D eigenvalue weighted by Crippen LogP contribution is -2.27. The van der Waals surface area contributed by atoms with Gasteiger partial charge < -0.3 is 5.32 Å². The van der Waals surface area contributed by atoms with Gasteiger partial charge in [-0.1, -0.05) is 29.8 Å². The topological polar surface area (TPSA) is 12.0 Å². The fourth-order valence-corrected chi connectivity index (χ4v) is 1.56. The molecule has 1 atom stereocenters. The Balaban J connectivity index is 2.68. The first-order chi connectivity index (χ1) is 6.77. The number of hydrogen-bond donors (Lipinski definition) is 1. The van der Waals surface area contributed by atoms with E-state index in [0.717, 1.165) is 23.4 Å². The van der Waals surface area contributed by atoms with Crippen LogP contribution >= 0.6 is 11.6 Å². The Labute approximate surface area is 90.5 Å². The summed E-state index contributed by atoms with van der Waals surface area (Å²) in [5.41, 5.74) is 1.14. The lowest BCUT2D eigenvalue weighted by atomic mass is 10.0. The van der Waals surface area contributed by atoms with Crippen molar-refractivity contribution in [2.75, 3.05) is 7.05 Å². The molecule has 0 bridgehead atoms. The summed E-state index contributed by atoms with van der Waals surface area (Å²) in [7, 11) is 1.92. The van der Waals surface area contributed by atoms with E-state index in [-0.39, 0.29) is 0 Å². The molecule has 14 heavy (non-hydrogen) atoms. The summed E-state index contributed by atoms with van der Waals surface area (Å²) in [5.74, 6) is 2.65. The highest BCUT2D eigenvalue weighted by Crippen LogP contribution is 2.17. The van der Waals surface area contributed by atoms with E-state index in [1.165, 1.54) is 0 Å². The Hall–Kier alpha value is -0.970. The zero-order valence-corrected chi connectivity index (χ0v) is 9.01. The highest BCUT2D eigenvalue weighted by Gasteiger charge is 2.07. The monoisotopic (exact) mass is 207 g/mol. The molecule has 2 heteroatoms. The van der Waals surface area contributed by atoms with Crippen molar-refractivity contribution in [2.24, 2.45) is 0 Å². The molecule has 0 fully saturated rings. The van der Waals surface area contributed by atoms with Gasteiger partial charge in [-0.3, -0.25) is 0 Å². The van der Waals surface area contributed by atoms with Crippen molar-refractivity contribution in [3.8, 4) is 12.3 Å². The van der Waals surface area contributed by atoms with Gasteiger partial charge in [0.05, 0.1) is 0 Å². The summed E-state index contributed by atoms with van der Waals surface area (Å²) < 4.78 is 0. The van der Waals surface area contributed by atoms with Crippen LogP contribution in [0.5, 0.6) is 0 Å². The number of benzene rings is 1. The quantitative estimate of drug-likeness (QED) is 0.749. The lowest BCUT2D eigenvalue weighted by Gasteiger charge is -2.13. The van der Waals surface area contributed by atoms with Crippen molar-refractivity contribution in [1.82, 2.24) is 5.32 Å². The molecule has 0 aromatic heterocycles. The van der Waals surface area contributed by atoms with Gasteiger partial charge in [0, 0.05) is 17.5 Å². The van der Waals surface area contributed by atoms with Crippen LogP contribution < -0.4 is 5.32 Å². The van der Waals surface area contributed by atoms with E-state index >= 15 is 0 Å². The number of hydrogen-bond acceptors (Lipinski definition) is 1. The predicted octanol–water partition coefficient (Wildman–Crippen LogP) is 2.49. The van der Waals surface area contributed by atoms with E-state index in [4.69, 9.17) is 18.0 Å². The van der Waals surface area contributed by atoms with Gasteiger partial charge in [-0.25, -0.2) is 0 Å². The van der Waals surface area contributed by atoms with E-state index < -0.39 is 0 Å². The molecule has 0 aliphatic rings. The Morgan fingerprint density at radius 3 is 2.79 bits per heavy atom. The average molecular weight is 208 g/mol. The summed E-state index contributed by atoms with van der Waals surface area (Å²) >= 11 is 6.05. The first kappa shape index (κ1) is 11.1. The van der Waals surface area contributed by atoms with Crippen LogP contribution in [0.2, 0.25) is 5.02 Å². The van der Waals surface area contributed by atoms with Gasteiger partial charge in [0.1, 0.15) is 0 Å². The lowest BCUT2D eigenvalue weighted by molar-refractivity contribution is 0.573. The number of likely N-dealkylation sites (N-methyl/N-ethyl adjacent to an activating group) is 1. The average Bonchev–Trinajstić information content (AvgIpc) is 2.20. The molecule has 0 amide bonds. The SMILES string of the molecule is C#CCC(Cc1ccccc1Cl)NC. The number of terminal acetylenes is 1. The molecule has 1 nitrogen and oxygen atoms in total. The Kier molecular flexibility index (Phi) is 4.52. The number of nitrogens with one attached hydrogen (secondary N) is 1. The zero-order valence-electron chi connectivity index (χ0n) is 8.26. The molecule has 0 heterocycles. The molecule has 0 saturated carbocycles. The van der Waals surface area contributed by atoms with Crippen molar-refractivity contribution in [3.63, 3.8) is 0 Å². The minimum atomic E-state index is 0.305. The Morgan fingerprint density at radius 2 is 2.21 bits per heavy atom. The zero-order chi connectivity index (χ0) is 10.4. The molecule has 0 radical (unpaired) electrons. The normalized spacial score (nSPS) is 12.1. The van der Waals surface area contributed by atoms with Gasteiger partial charge in [0.15, 0.2) is 0 Å². The van der Waals surface area contributed by atoms with Crippen LogP contribution in [0.4, 0.5) is 0 Å². The summed E-state index contributed by atoms with van der Waals surface area (Å²) in [6, 6.07) is 8.16. The molecule has 0 aliphatic carbocycles. The third kappa shape index (κ3) is 3.06. The molecule has 1 unspecified atom stereocenters. The molecular weight excluding hydrogens is 194 g/mol. The largest absolute Gasteiger partial charge is 0.316 e. The fourth-order valence-electron chi connectivity index (χ4n) is 1.35. The van der Waals surface area contributed by atoms with Crippen LogP contribution in [0.3, 0.4) is 0 Å². The summed E-state index contributed by atoms with van der Waals surface area (Å²) in [6.45, 7) is 0. The minimum absolute atomic E-state index is 0.305. The number of rotatable bonds is 4. The molecule has 0 spiro atoms. The van der Waals surface area contributed by atoms with Crippen molar-refractivity contribution in [3.05, 3.63) is 34.9 Å². The van der Waals surface area contributed by atoms with Crippen LogP contribution in [-0.4, -0.2) is 13.1 Å². The van der Waals surface area contributed by atoms with Crippen molar-refractivity contribution in [1.29, 1.82) is 0 Å². The standard InChI is InChI=1S/C12H14ClN/c1-3-6-11(14-2)9-10-7-4-5-8-12(10)13/h1,4-5,7-8,11,14H,6,9H2,2H3. The molecular formula is C12H14ClN. The van der Waals surface area contributed by atoms with E-state index in [2.05, 4.69) is 11.2 Å². The molecule has 1 aromatic rings. The molecule has 1 rings (SSSR count). The minimum Gasteiger partial charge on any atom is -0.316 e. The molecule has 1 aromatic carbocycles. The second-order valence-electron chi connectivity index (χ2n) is 3.19. The van der Waals surface area contributed by atoms with Crippen LogP contribution in [-0.2, 0) is 6.42 Å². The third-order valence-electron chi connectivity index (χ3n) is 2.20. The number of halogens is 1. The fraction of sp³-hybridized carbons (Fsp3) is 0.333. The molecule has 1 N–H and O–H groups in total. The summed E-state index contributed by atoms with van der Waals surface area (Å²) in [6.07, 6.45) is 6.87. The molecule has 0 aliphatic heterocycles. The highest BCUT2D eigenvalue weighted by atomic mass is 35.5. The Morgan fingerprint density at radius 1 is 1.50 bits per heavy atom. The van der Waals surface area contributed by atoms with Crippen LogP contribution in [0.25, 0.3) is 0 Å². The first-order valence-electron chi connectivity index (χ1n) is 4.62. The van der Waals surface area contributed by atoms with Gasteiger partial charge in [0.2, 0.25) is 0 Å². The van der Waals surface area contributed by atoms with Crippen LogP contribution in [0.15, 0.2) is 24.3 Å². The first-order valence-corrected chi connectivity index (χ1v) is 5.00. The third-order valence-corrected chi connectivity index (χ3v) is 2.57. The molecule has 74 valence electrons. The van der Waals surface area contributed by atoms with Gasteiger partial charge >= 0.3 is 0 Å². The second kappa shape index (κ2) is 5.70. The molecule has 0 saturated heterocycles. The summed E-state index contributed by atoms with van der Waals surface area (Å²) in [5, 5.41) is 3.99. The van der Waals surface area contributed by atoms with Crippen LogP contribution in [0, 0.1) is 12.3 Å². The maximum Gasteiger partial charge on any atom is 0.0438 e. The van der Waals surface area contributed by atoms with Crippen LogP contribution in [0.1, 0.15) is 12.0 Å². The summed E-state index contributed by atoms with van der Waals surface area (Å²) in [4.78, 5) is 0. The van der Waals surface area contributed by atoms with E-state index in [9.17, 15) is 0 Å². The van der Waals surface area contributed by atoms with Gasteiger partial charge in [-0.15, -0.1) is 12.3 Å². The maximum atomic E-state index is 6.05. The van der Waals surface area contributed by atoms with E-state index in [0.29, 0.717) is 6.04 Å². The Bertz CT molecular complexity index is 327. The predicted molar refractivity (Wildman–Crippen MR) is 61.5 cm³/mol. The highest BCUT2D eigenvalue weighted by molar-refractivity contribution is 6.31. The van der Waals surface area contributed by atoms with E-state index in [1.807, 2.05) is 31.3 Å². The van der Waals surface area contributed by atoms with Gasteiger partial charge in [-0.2, -0.15) is 0 Å². The van der Waals surface area contributed by atoms with Crippen molar-refractivity contribution < 1.29 is 0 Å². The smallest absolute Gasteiger partial charge is 0.0438 e. The van der Waals surface area contributed by atoms with E-state index in [1.54, 1.807) is 0 Å². The van der Waals surface area contributed by atoms with Crippen molar-refractivity contribution in [2.45, 2.75) is 18.9 Å². The maximum absolute atomic E-state index is 6.05. The van der Waals surface area contributed by atoms with Gasteiger partial charge in [-0.05, 0) is 25.1 Å². The van der Waals surface area contributed by atoms with Crippen molar-refractivity contribution >= 4 is 11.6 Å².